The number of rotatable bonds is 3. The van der Waals surface area contributed by atoms with Crippen molar-refractivity contribution in [3.05, 3.63) is 12.0 Å². The summed E-state index contributed by atoms with van der Waals surface area (Å²) in [7, 11) is -1.81. The number of aryl methyl sites for hydroxylation is 2. The largest absolute Gasteiger partial charge is 0.341 e. The highest BCUT2D eigenvalue weighted by Gasteiger charge is 2.32. The number of carbonyl (C=O) groups excluding carboxylic acids is 1. The van der Waals surface area contributed by atoms with Crippen molar-refractivity contribution >= 4 is 15.9 Å². The Labute approximate surface area is 150 Å². The van der Waals surface area contributed by atoms with E-state index in [0.717, 1.165) is 25.7 Å². The van der Waals surface area contributed by atoms with Gasteiger partial charge in [-0.2, -0.15) is 4.31 Å². The quantitative estimate of drug-likeness (QED) is 0.811. The zero-order valence-electron chi connectivity index (χ0n) is 15.1. The van der Waals surface area contributed by atoms with E-state index in [1.807, 2.05) is 4.90 Å². The van der Waals surface area contributed by atoms with E-state index >= 15 is 0 Å². The standard InChI is InChI=1S/C17H28N4O3S/c1-14-18-16(13-19(14)2)25(23,24)21-10-6-9-20(11-12-21)17(22)15-7-4-3-5-8-15/h13,15H,3-12H2,1-2H3. The molecule has 0 aromatic carbocycles. The van der Waals surface area contributed by atoms with Crippen LogP contribution in [0.5, 0.6) is 0 Å². The molecule has 3 rings (SSSR count). The van der Waals surface area contributed by atoms with E-state index in [1.54, 1.807) is 24.7 Å². The molecular formula is C17H28N4O3S. The maximum Gasteiger partial charge on any atom is 0.262 e. The lowest BCUT2D eigenvalue weighted by molar-refractivity contribution is -0.136. The summed E-state index contributed by atoms with van der Waals surface area (Å²) in [6.07, 6.45) is 7.66. The van der Waals surface area contributed by atoms with Gasteiger partial charge in [-0.05, 0) is 26.2 Å². The number of imidazole rings is 1. The fraction of sp³-hybridized carbons (Fsp3) is 0.765. The minimum absolute atomic E-state index is 0.0968. The highest BCUT2D eigenvalue weighted by atomic mass is 32.2. The molecule has 8 heteroatoms. The van der Waals surface area contributed by atoms with Crippen LogP contribution in [0, 0.1) is 12.8 Å². The molecule has 0 atom stereocenters. The van der Waals surface area contributed by atoms with E-state index in [1.165, 1.54) is 10.7 Å². The topological polar surface area (TPSA) is 75.5 Å². The lowest BCUT2D eigenvalue weighted by atomic mass is 9.88. The van der Waals surface area contributed by atoms with Gasteiger partial charge in [0, 0.05) is 45.3 Å². The highest BCUT2D eigenvalue weighted by molar-refractivity contribution is 7.89. The number of aromatic nitrogens is 2. The lowest BCUT2D eigenvalue weighted by Crippen LogP contribution is -2.40. The first-order chi connectivity index (χ1) is 11.9. The molecule has 0 unspecified atom stereocenters. The number of amides is 1. The molecule has 0 radical (unpaired) electrons. The Morgan fingerprint density at radius 1 is 1.08 bits per heavy atom. The first-order valence-corrected chi connectivity index (χ1v) is 10.6. The molecule has 1 saturated heterocycles. The molecule has 0 N–H and O–H groups in total. The van der Waals surface area contributed by atoms with Crippen LogP contribution >= 0.6 is 0 Å². The molecule has 1 aliphatic heterocycles. The molecule has 1 amide bonds. The molecule has 0 bridgehead atoms. The first kappa shape index (κ1) is 18.4. The maximum absolute atomic E-state index is 12.8. The SMILES string of the molecule is Cc1nc(S(=O)(=O)N2CCCN(C(=O)C3CCCCC3)CC2)cn1C. The molecule has 2 heterocycles. The number of hydrogen-bond donors (Lipinski definition) is 0. The molecule has 2 fully saturated rings. The molecule has 1 aliphatic carbocycles. The minimum Gasteiger partial charge on any atom is -0.341 e. The lowest BCUT2D eigenvalue weighted by Gasteiger charge is -2.28. The molecule has 2 aliphatic rings. The van der Waals surface area contributed by atoms with Crippen LogP contribution in [0.15, 0.2) is 11.2 Å². The average Bonchev–Trinajstić information content (AvgIpc) is 2.82. The van der Waals surface area contributed by atoms with Crippen LogP contribution in [0.4, 0.5) is 0 Å². The number of hydrogen-bond acceptors (Lipinski definition) is 4. The van der Waals surface area contributed by atoms with Crippen LogP contribution in [0.2, 0.25) is 0 Å². The average molecular weight is 369 g/mol. The van der Waals surface area contributed by atoms with Crippen molar-refractivity contribution in [1.82, 2.24) is 18.8 Å². The van der Waals surface area contributed by atoms with Gasteiger partial charge in [0.2, 0.25) is 5.91 Å². The van der Waals surface area contributed by atoms with Gasteiger partial charge >= 0.3 is 0 Å². The summed E-state index contributed by atoms with van der Waals surface area (Å²) in [4.78, 5) is 18.8. The number of nitrogens with zero attached hydrogens (tertiary/aromatic N) is 4. The molecule has 1 aromatic rings. The van der Waals surface area contributed by atoms with E-state index in [9.17, 15) is 13.2 Å². The van der Waals surface area contributed by atoms with Gasteiger partial charge in [0.15, 0.2) is 5.03 Å². The van der Waals surface area contributed by atoms with E-state index in [4.69, 9.17) is 0 Å². The van der Waals surface area contributed by atoms with Crippen molar-refractivity contribution in [3.8, 4) is 0 Å². The molecule has 1 aromatic heterocycles. The Morgan fingerprint density at radius 3 is 2.44 bits per heavy atom. The van der Waals surface area contributed by atoms with E-state index < -0.39 is 10.0 Å². The van der Waals surface area contributed by atoms with Crippen LogP contribution in [-0.4, -0.2) is 59.3 Å². The predicted octanol–water partition coefficient (Wildman–Crippen LogP) is 1.53. The fourth-order valence-electron chi connectivity index (χ4n) is 3.75. The molecular weight excluding hydrogens is 340 g/mol. The van der Waals surface area contributed by atoms with Gasteiger partial charge in [-0.3, -0.25) is 4.79 Å². The molecule has 140 valence electrons. The van der Waals surface area contributed by atoms with Gasteiger partial charge in [0.1, 0.15) is 5.82 Å². The summed E-state index contributed by atoms with van der Waals surface area (Å²) in [5, 5.41) is 0.0968. The summed E-state index contributed by atoms with van der Waals surface area (Å²) < 4.78 is 28.8. The third-order valence-corrected chi connectivity index (χ3v) is 7.18. The predicted molar refractivity (Wildman–Crippen MR) is 94.5 cm³/mol. The van der Waals surface area contributed by atoms with E-state index in [0.29, 0.717) is 38.4 Å². The van der Waals surface area contributed by atoms with Gasteiger partial charge in [0.05, 0.1) is 0 Å². The van der Waals surface area contributed by atoms with Crippen LogP contribution < -0.4 is 0 Å². The molecule has 0 spiro atoms. The first-order valence-electron chi connectivity index (χ1n) is 9.18. The Kier molecular flexibility index (Phi) is 5.48. The molecule has 1 saturated carbocycles. The van der Waals surface area contributed by atoms with Crippen molar-refractivity contribution in [2.45, 2.75) is 50.5 Å². The Morgan fingerprint density at radius 2 is 1.80 bits per heavy atom. The third kappa shape index (κ3) is 3.89. The minimum atomic E-state index is -3.60. The normalized spacial score (nSPS) is 21.3. The van der Waals surface area contributed by atoms with Crippen LogP contribution in [0.3, 0.4) is 0 Å². The summed E-state index contributed by atoms with van der Waals surface area (Å²) in [6, 6.07) is 0. The number of carbonyl (C=O) groups is 1. The van der Waals surface area contributed by atoms with Gasteiger partial charge in [-0.25, -0.2) is 13.4 Å². The molecule has 7 nitrogen and oxygen atoms in total. The van der Waals surface area contributed by atoms with Gasteiger partial charge in [-0.1, -0.05) is 19.3 Å². The van der Waals surface area contributed by atoms with Crippen molar-refractivity contribution < 1.29 is 13.2 Å². The van der Waals surface area contributed by atoms with Crippen molar-refractivity contribution in [2.24, 2.45) is 13.0 Å². The van der Waals surface area contributed by atoms with E-state index in [-0.39, 0.29) is 16.9 Å². The van der Waals surface area contributed by atoms with Crippen LogP contribution in [0.25, 0.3) is 0 Å². The fourth-order valence-corrected chi connectivity index (χ4v) is 5.24. The zero-order valence-corrected chi connectivity index (χ0v) is 16.0. The van der Waals surface area contributed by atoms with Crippen molar-refractivity contribution in [3.63, 3.8) is 0 Å². The second-order valence-corrected chi connectivity index (χ2v) is 9.04. The van der Waals surface area contributed by atoms with E-state index in [2.05, 4.69) is 4.98 Å². The smallest absolute Gasteiger partial charge is 0.262 e. The zero-order chi connectivity index (χ0) is 18.0. The van der Waals surface area contributed by atoms with Gasteiger partial charge < -0.3 is 9.47 Å². The summed E-state index contributed by atoms with van der Waals surface area (Å²) in [5.41, 5.74) is 0. The Hall–Kier alpha value is -1.41. The van der Waals surface area contributed by atoms with Gasteiger partial charge in [0.25, 0.3) is 10.0 Å². The Balaban J connectivity index is 1.67. The monoisotopic (exact) mass is 368 g/mol. The highest BCUT2D eigenvalue weighted by Crippen LogP contribution is 2.26. The van der Waals surface area contributed by atoms with Crippen molar-refractivity contribution in [2.75, 3.05) is 26.2 Å². The third-order valence-electron chi connectivity index (χ3n) is 5.41. The Bertz CT molecular complexity index is 703. The number of sulfonamides is 1. The summed E-state index contributed by atoms with van der Waals surface area (Å²) in [6.45, 7) is 3.68. The maximum atomic E-state index is 12.8. The molecule has 25 heavy (non-hydrogen) atoms. The van der Waals surface area contributed by atoms with Gasteiger partial charge in [-0.15, -0.1) is 0 Å². The summed E-state index contributed by atoms with van der Waals surface area (Å²) >= 11 is 0. The van der Waals surface area contributed by atoms with Crippen LogP contribution in [0.1, 0.15) is 44.3 Å². The van der Waals surface area contributed by atoms with Crippen molar-refractivity contribution in [1.29, 1.82) is 0 Å². The second-order valence-electron chi connectivity index (χ2n) is 7.16. The second kappa shape index (κ2) is 7.45. The van der Waals surface area contributed by atoms with Crippen LogP contribution in [-0.2, 0) is 21.9 Å². The summed E-state index contributed by atoms with van der Waals surface area (Å²) in [5.74, 6) is 1.02.